The summed E-state index contributed by atoms with van der Waals surface area (Å²) in [5, 5.41) is 8.32. The maximum absolute atomic E-state index is 11.9. The molecule has 1 aliphatic rings. The van der Waals surface area contributed by atoms with Crippen LogP contribution in [-0.4, -0.2) is 37.7 Å². The van der Waals surface area contributed by atoms with E-state index in [1.807, 2.05) is 19.9 Å². The Morgan fingerprint density at radius 1 is 1.32 bits per heavy atom. The first kappa shape index (κ1) is 16.3. The number of carbonyl (C=O) groups excluding carboxylic acids is 2. The topological polar surface area (TPSA) is 79.5 Å². The number of rotatable bonds is 5. The van der Waals surface area contributed by atoms with Crippen molar-refractivity contribution in [2.75, 3.05) is 25.0 Å². The van der Waals surface area contributed by atoms with Gasteiger partial charge in [0, 0.05) is 30.9 Å². The van der Waals surface area contributed by atoms with E-state index in [4.69, 9.17) is 4.74 Å². The quantitative estimate of drug-likeness (QED) is 0.779. The number of hydrogen-bond donors (Lipinski definition) is 3. The van der Waals surface area contributed by atoms with Crippen LogP contribution in [0.2, 0.25) is 0 Å². The Bertz CT molecular complexity index is 539. The fourth-order valence-corrected chi connectivity index (χ4v) is 2.34. The maximum Gasteiger partial charge on any atom is 0.319 e. The van der Waals surface area contributed by atoms with Crippen molar-refractivity contribution in [3.63, 3.8) is 0 Å². The van der Waals surface area contributed by atoms with Crippen molar-refractivity contribution in [1.29, 1.82) is 0 Å². The Morgan fingerprint density at radius 2 is 2.14 bits per heavy atom. The summed E-state index contributed by atoms with van der Waals surface area (Å²) in [4.78, 5) is 23.8. The van der Waals surface area contributed by atoms with Gasteiger partial charge in [0.2, 0.25) is 0 Å². The first-order valence-corrected chi connectivity index (χ1v) is 7.65. The average molecular weight is 305 g/mol. The second kappa shape index (κ2) is 7.79. The number of aryl methyl sites for hydroxylation is 1. The number of benzene rings is 1. The van der Waals surface area contributed by atoms with Crippen LogP contribution >= 0.6 is 0 Å². The molecule has 22 heavy (non-hydrogen) atoms. The number of nitrogens with one attached hydrogen (secondary N) is 3. The molecule has 0 bridgehead atoms. The smallest absolute Gasteiger partial charge is 0.319 e. The number of carbonyl (C=O) groups is 2. The summed E-state index contributed by atoms with van der Waals surface area (Å²) >= 11 is 0. The highest BCUT2D eigenvalue weighted by molar-refractivity contribution is 5.97. The van der Waals surface area contributed by atoms with Crippen LogP contribution in [0.1, 0.15) is 35.7 Å². The van der Waals surface area contributed by atoms with E-state index >= 15 is 0 Å². The molecule has 3 amide bonds. The van der Waals surface area contributed by atoms with Gasteiger partial charge in [0.15, 0.2) is 0 Å². The molecular formula is C16H23N3O3. The Balaban J connectivity index is 1.93. The standard InChI is InChI=1S/C16H23N3O3/c1-3-17-15(20)12-7-6-11(2)14(9-12)19-16(21)18-10-13-5-4-8-22-13/h6-7,9,13H,3-5,8,10H2,1-2H3,(H,17,20)(H2,18,19,21). The zero-order valence-corrected chi connectivity index (χ0v) is 13.1. The lowest BCUT2D eigenvalue weighted by atomic mass is 10.1. The summed E-state index contributed by atoms with van der Waals surface area (Å²) in [6.07, 6.45) is 2.13. The summed E-state index contributed by atoms with van der Waals surface area (Å²) in [5.41, 5.74) is 2.07. The molecule has 0 spiro atoms. The van der Waals surface area contributed by atoms with E-state index in [9.17, 15) is 9.59 Å². The minimum absolute atomic E-state index is 0.105. The van der Waals surface area contributed by atoms with E-state index in [1.165, 1.54) is 0 Å². The van der Waals surface area contributed by atoms with Crippen LogP contribution in [-0.2, 0) is 4.74 Å². The molecule has 120 valence electrons. The second-order valence-electron chi connectivity index (χ2n) is 5.36. The molecule has 1 unspecified atom stereocenters. The van der Waals surface area contributed by atoms with Gasteiger partial charge in [-0.1, -0.05) is 6.07 Å². The third-order valence-electron chi connectivity index (χ3n) is 3.60. The summed E-state index contributed by atoms with van der Waals surface area (Å²) in [6, 6.07) is 4.97. The molecule has 0 radical (unpaired) electrons. The normalized spacial score (nSPS) is 17.1. The molecule has 1 saturated heterocycles. The first-order chi connectivity index (χ1) is 10.6. The van der Waals surface area contributed by atoms with Crippen LogP contribution < -0.4 is 16.0 Å². The van der Waals surface area contributed by atoms with E-state index < -0.39 is 0 Å². The molecule has 1 aromatic rings. The fraction of sp³-hybridized carbons (Fsp3) is 0.500. The predicted molar refractivity (Wildman–Crippen MR) is 85.2 cm³/mol. The van der Waals surface area contributed by atoms with Crippen molar-refractivity contribution in [2.24, 2.45) is 0 Å². The molecule has 0 aromatic heterocycles. The van der Waals surface area contributed by atoms with Crippen LogP contribution in [0.15, 0.2) is 18.2 Å². The highest BCUT2D eigenvalue weighted by atomic mass is 16.5. The van der Waals surface area contributed by atoms with Crippen LogP contribution in [0.4, 0.5) is 10.5 Å². The van der Waals surface area contributed by atoms with Crippen molar-refractivity contribution in [2.45, 2.75) is 32.8 Å². The van der Waals surface area contributed by atoms with Crippen LogP contribution in [0.5, 0.6) is 0 Å². The number of amides is 3. The molecule has 6 heteroatoms. The van der Waals surface area contributed by atoms with E-state index in [2.05, 4.69) is 16.0 Å². The second-order valence-corrected chi connectivity index (χ2v) is 5.36. The van der Waals surface area contributed by atoms with Gasteiger partial charge in [-0.3, -0.25) is 4.79 Å². The SMILES string of the molecule is CCNC(=O)c1ccc(C)c(NC(=O)NCC2CCCO2)c1. The van der Waals surface area contributed by atoms with Gasteiger partial charge in [0.25, 0.3) is 5.91 Å². The van der Waals surface area contributed by atoms with Gasteiger partial charge in [-0.25, -0.2) is 4.79 Å². The number of anilines is 1. The van der Waals surface area contributed by atoms with E-state index in [-0.39, 0.29) is 18.0 Å². The highest BCUT2D eigenvalue weighted by Crippen LogP contribution is 2.17. The van der Waals surface area contributed by atoms with E-state index in [1.54, 1.807) is 12.1 Å². The van der Waals surface area contributed by atoms with Crippen molar-refractivity contribution in [3.05, 3.63) is 29.3 Å². The minimum Gasteiger partial charge on any atom is -0.376 e. The van der Waals surface area contributed by atoms with E-state index in [0.29, 0.717) is 24.3 Å². The lowest BCUT2D eigenvalue weighted by Gasteiger charge is -2.13. The summed E-state index contributed by atoms with van der Waals surface area (Å²) in [7, 11) is 0. The monoisotopic (exact) mass is 305 g/mol. The van der Waals surface area contributed by atoms with Gasteiger partial charge in [-0.2, -0.15) is 0 Å². The van der Waals surface area contributed by atoms with Gasteiger partial charge in [-0.15, -0.1) is 0 Å². The zero-order valence-electron chi connectivity index (χ0n) is 13.1. The van der Waals surface area contributed by atoms with Crippen LogP contribution in [0.3, 0.4) is 0 Å². The van der Waals surface area contributed by atoms with Gasteiger partial charge >= 0.3 is 6.03 Å². The number of urea groups is 1. The molecule has 6 nitrogen and oxygen atoms in total. The molecule has 0 aliphatic carbocycles. The molecule has 1 aromatic carbocycles. The van der Waals surface area contributed by atoms with Crippen molar-refractivity contribution < 1.29 is 14.3 Å². The molecule has 0 saturated carbocycles. The Morgan fingerprint density at radius 3 is 2.82 bits per heavy atom. The molecule has 1 aliphatic heterocycles. The third-order valence-corrected chi connectivity index (χ3v) is 3.60. The Labute approximate surface area is 130 Å². The number of hydrogen-bond acceptors (Lipinski definition) is 3. The lowest BCUT2D eigenvalue weighted by molar-refractivity contribution is 0.0956. The van der Waals surface area contributed by atoms with Gasteiger partial charge in [-0.05, 0) is 44.4 Å². The predicted octanol–water partition coefficient (Wildman–Crippen LogP) is 2.05. The molecule has 3 N–H and O–H groups in total. The molecule has 1 fully saturated rings. The Kier molecular flexibility index (Phi) is 5.77. The van der Waals surface area contributed by atoms with Crippen LogP contribution in [0.25, 0.3) is 0 Å². The minimum atomic E-state index is -0.286. The molecule has 1 heterocycles. The largest absolute Gasteiger partial charge is 0.376 e. The average Bonchev–Trinajstić information content (AvgIpc) is 3.01. The van der Waals surface area contributed by atoms with Crippen molar-refractivity contribution >= 4 is 17.6 Å². The molecule has 2 rings (SSSR count). The molecule has 1 atom stereocenters. The van der Waals surface area contributed by atoms with Crippen molar-refractivity contribution in [3.8, 4) is 0 Å². The first-order valence-electron chi connectivity index (χ1n) is 7.65. The zero-order chi connectivity index (χ0) is 15.9. The van der Waals surface area contributed by atoms with E-state index in [0.717, 1.165) is 25.0 Å². The summed E-state index contributed by atoms with van der Waals surface area (Å²) < 4.78 is 5.46. The summed E-state index contributed by atoms with van der Waals surface area (Å²) in [5.74, 6) is -0.148. The van der Waals surface area contributed by atoms with Crippen LogP contribution in [0, 0.1) is 6.92 Å². The lowest BCUT2D eigenvalue weighted by Crippen LogP contribution is -2.35. The summed E-state index contributed by atoms with van der Waals surface area (Å²) in [6.45, 7) is 5.58. The third kappa shape index (κ3) is 4.46. The van der Waals surface area contributed by atoms with Gasteiger partial charge in [0.05, 0.1) is 6.10 Å². The van der Waals surface area contributed by atoms with Gasteiger partial charge < -0.3 is 20.7 Å². The maximum atomic E-state index is 11.9. The van der Waals surface area contributed by atoms with Crippen molar-refractivity contribution in [1.82, 2.24) is 10.6 Å². The fourth-order valence-electron chi connectivity index (χ4n) is 2.34. The Hall–Kier alpha value is -2.08. The van der Waals surface area contributed by atoms with Gasteiger partial charge in [0.1, 0.15) is 0 Å². The highest BCUT2D eigenvalue weighted by Gasteiger charge is 2.16. The number of ether oxygens (including phenoxy) is 1. The molecular weight excluding hydrogens is 282 g/mol.